The highest BCUT2D eigenvalue weighted by Gasteiger charge is 2.30. The summed E-state index contributed by atoms with van der Waals surface area (Å²) in [6.45, 7) is 8.12. The number of nitrogens with one attached hydrogen (secondary N) is 1. The smallest absolute Gasteiger partial charge is 0.202 e. The summed E-state index contributed by atoms with van der Waals surface area (Å²) in [5.74, 6) is 0.922. The first-order chi connectivity index (χ1) is 8.95. The van der Waals surface area contributed by atoms with Crippen molar-refractivity contribution in [1.82, 2.24) is 9.36 Å². The van der Waals surface area contributed by atoms with Crippen LogP contribution < -0.4 is 11.1 Å². The van der Waals surface area contributed by atoms with Gasteiger partial charge in [-0.1, -0.05) is 40.0 Å². The molecule has 1 aromatic rings. The van der Waals surface area contributed by atoms with Gasteiger partial charge in [-0.05, 0) is 24.8 Å². The minimum Gasteiger partial charge on any atom is -0.360 e. The largest absolute Gasteiger partial charge is 0.360 e. The molecule has 1 aliphatic carbocycles. The lowest BCUT2D eigenvalue weighted by molar-refractivity contribution is 0.215. The maximum atomic E-state index is 6.00. The summed E-state index contributed by atoms with van der Waals surface area (Å²) in [5.41, 5.74) is 6.29. The Morgan fingerprint density at radius 3 is 2.47 bits per heavy atom. The third-order valence-electron chi connectivity index (χ3n) is 4.06. The Bertz CT molecular complexity index is 402. The van der Waals surface area contributed by atoms with Gasteiger partial charge in [0.25, 0.3) is 0 Å². The van der Waals surface area contributed by atoms with Crippen LogP contribution in [0.5, 0.6) is 0 Å². The normalized spacial score (nSPS) is 19.4. The van der Waals surface area contributed by atoms with E-state index in [9.17, 15) is 0 Å². The Morgan fingerprint density at radius 1 is 1.26 bits per heavy atom. The molecule has 1 fully saturated rings. The van der Waals surface area contributed by atoms with Gasteiger partial charge in [-0.15, -0.1) is 0 Å². The summed E-state index contributed by atoms with van der Waals surface area (Å²) in [5, 5.41) is 4.40. The molecule has 1 saturated carbocycles. The van der Waals surface area contributed by atoms with Crippen LogP contribution in [0, 0.1) is 5.41 Å². The van der Waals surface area contributed by atoms with Gasteiger partial charge in [-0.25, -0.2) is 4.98 Å². The van der Waals surface area contributed by atoms with Crippen LogP contribution in [0.15, 0.2) is 0 Å². The van der Waals surface area contributed by atoms with Gasteiger partial charge >= 0.3 is 0 Å². The van der Waals surface area contributed by atoms with Crippen LogP contribution in [0.4, 0.5) is 5.13 Å². The molecule has 0 amide bonds. The molecular weight excluding hydrogens is 256 g/mol. The van der Waals surface area contributed by atoms with Crippen molar-refractivity contribution in [2.75, 3.05) is 18.4 Å². The molecule has 3 N–H and O–H groups in total. The van der Waals surface area contributed by atoms with Gasteiger partial charge in [0.15, 0.2) is 0 Å². The summed E-state index contributed by atoms with van der Waals surface area (Å²) < 4.78 is 4.44. The van der Waals surface area contributed by atoms with Crippen LogP contribution in [-0.2, 0) is 5.41 Å². The molecule has 1 aromatic heterocycles. The quantitative estimate of drug-likeness (QED) is 0.890. The number of hydrogen-bond acceptors (Lipinski definition) is 5. The first-order valence-corrected chi connectivity index (χ1v) is 8.01. The highest BCUT2D eigenvalue weighted by molar-refractivity contribution is 7.09. The summed E-state index contributed by atoms with van der Waals surface area (Å²) in [4.78, 5) is 4.59. The average Bonchev–Trinajstić information content (AvgIpc) is 2.86. The highest BCUT2D eigenvalue weighted by Crippen LogP contribution is 2.35. The number of aromatic nitrogens is 2. The molecule has 1 aliphatic rings. The molecule has 5 heteroatoms. The SMILES string of the molecule is CC(C)(C)c1nsc(NCC2(CN)CCCCC2)n1. The molecule has 0 atom stereocenters. The summed E-state index contributed by atoms with van der Waals surface area (Å²) in [7, 11) is 0. The summed E-state index contributed by atoms with van der Waals surface area (Å²) in [6.07, 6.45) is 6.45. The van der Waals surface area contributed by atoms with E-state index in [4.69, 9.17) is 5.73 Å². The second kappa shape index (κ2) is 5.75. The number of nitrogens with two attached hydrogens (primary N) is 1. The lowest BCUT2D eigenvalue weighted by Crippen LogP contribution is -2.39. The zero-order valence-corrected chi connectivity index (χ0v) is 13.1. The second-order valence-electron chi connectivity index (χ2n) is 6.79. The van der Waals surface area contributed by atoms with Crippen molar-refractivity contribution in [3.8, 4) is 0 Å². The molecule has 108 valence electrons. The van der Waals surface area contributed by atoms with Crippen LogP contribution in [-0.4, -0.2) is 22.4 Å². The monoisotopic (exact) mass is 282 g/mol. The van der Waals surface area contributed by atoms with E-state index < -0.39 is 0 Å². The van der Waals surface area contributed by atoms with Crippen LogP contribution >= 0.6 is 11.5 Å². The van der Waals surface area contributed by atoms with Crippen molar-refractivity contribution in [3.63, 3.8) is 0 Å². The van der Waals surface area contributed by atoms with E-state index in [1.165, 1.54) is 43.6 Å². The molecule has 0 radical (unpaired) electrons. The predicted octanol–water partition coefficient (Wildman–Crippen LogP) is 3.16. The Labute approximate surface area is 120 Å². The fourth-order valence-electron chi connectivity index (χ4n) is 2.62. The minimum absolute atomic E-state index is 0.0207. The highest BCUT2D eigenvalue weighted by atomic mass is 32.1. The van der Waals surface area contributed by atoms with E-state index in [-0.39, 0.29) is 10.8 Å². The molecule has 4 nitrogen and oxygen atoms in total. The van der Waals surface area contributed by atoms with E-state index in [2.05, 4.69) is 35.4 Å². The Balaban J connectivity index is 1.96. The van der Waals surface area contributed by atoms with Gasteiger partial charge < -0.3 is 11.1 Å². The Hall–Kier alpha value is -0.680. The predicted molar refractivity (Wildman–Crippen MR) is 81.7 cm³/mol. The first kappa shape index (κ1) is 14.7. The molecular formula is C14H26N4S. The Kier molecular flexibility index (Phi) is 4.46. The third kappa shape index (κ3) is 3.66. The number of anilines is 1. The van der Waals surface area contributed by atoms with E-state index >= 15 is 0 Å². The van der Waals surface area contributed by atoms with Gasteiger partial charge in [0.1, 0.15) is 5.82 Å². The zero-order valence-electron chi connectivity index (χ0n) is 12.3. The summed E-state index contributed by atoms with van der Waals surface area (Å²) in [6, 6.07) is 0. The maximum absolute atomic E-state index is 6.00. The van der Waals surface area contributed by atoms with E-state index in [1.54, 1.807) is 0 Å². The van der Waals surface area contributed by atoms with Gasteiger partial charge in [0.2, 0.25) is 5.13 Å². The first-order valence-electron chi connectivity index (χ1n) is 7.23. The lowest BCUT2D eigenvalue weighted by atomic mass is 9.74. The van der Waals surface area contributed by atoms with Gasteiger partial charge in [-0.2, -0.15) is 4.37 Å². The van der Waals surface area contributed by atoms with Gasteiger partial charge in [-0.3, -0.25) is 0 Å². The van der Waals surface area contributed by atoms with Crippen molar-refractivity contribution in [3.05, 3.63) is 5.82 Å². The average molecular weight is 282 g/mol. The molecule has 1 heterocycles. The molecule has 0 aromatic carbocycles. The standard InChI is InChI=1S/C14H26N4S/c1-13(2,3)11-17-12(19-18-11)16-10-14(9-15)7-5-4-6-8-14/h4-10,15H2,1-3H3,(H,16,17,18). The molecule has 0 saturated heterocycles. The lowest BCUT2D eigenvalue weighted by Gasteiger charge is -2.36. The molecule has 2 rings (SSSR count). The third-order valence-corrected chi connectivity index (χ3v) is 4.73. The van der Waals surface area contributed by atoms with Crippen molar-refractivity contribution >= 4 is 16.7 Å². The van der Waals surface area contributed by atoms with E-state index in [1.807, 2.05) is 0 Å². The Morgan fingerprint density at radius 2 is 1.95 bits per heavy atom. The number of rotatable bonds is 4. The second-order valence-corrected chi connectivity index (χ2v) is 7.54. The van der Waals surface area contributed by atoms with Crippen molar-refractivity contribution < 1.29 is 0 Å². The summed E-state index contributed by atoms with van der Waals surface area (Å²) >= 11 is 1.46. The van der Waals surface area contributed by atoms with E-state index in [0.717, 1.165) is 24.0 Å². The van der Waals surface area contributed by atoms with Crippen molar-refractivity contribution in [2.45, 2.75) is 58.3 Å². The zero-order chi connectivity index (χ0) is 13.9. The molecule has 0 unspecified atom stereocenters. The molecule has 0 bridgehead atoms. The minimum atomic E-state index is 0.0207. The number of nitrogens with zero attached hydrogens (tertiary/aromatic N) is 2. The number of hydrogen-bond donors (Lipinski definition) is 2. The van der Waals surface area contributed by atoms with Crippen LogP contribution in [0.1, 0.15) is 58.7 Å². The fraction of sp³-hybridized carbons (Fsp3) is 0.857. The van der Waals surface area contributed by atoms with Crippen LogP contribution in [0.2, 0.25) is 0 Å². The van der Waals surface area contributed by atoms with Crippen LogP contribution in [0.25, 0.3) is 0 Å². The van der Waals surface area contributed by atoms with E-state index in [0.29, 0.717) is 0 Å². The van der Waals surface area contributed by atoms with Crippen molar-refractivity contribution in [2.24, 2.45) is 11.1 Å². The molecule has 0 aliphatic heterocycles. The van der Waals surface area contributed by atoms with Crippen molar-refractivity contribution in [1.29, 1.82) is 0 Å². The van der Waals surface area contributed by atoms with Gasteiger partial charge in [0.05, 0.1) is 0 Å². The fourth-order valence-corrected chi connectivity index (χ4v) is 3.37. The topological polar surface area (TPSA) is 63.8 Å². The molecule has 0 spiro atoms. The van der Waals surface area contributed by atoms with Crippen LogP contribution in [0.3, 0.4) is 0 Å². The molecule has 19 heavy (non-hydrogen) atoms. The van der Waals surface area contributed by atoms with Gasteiger partial charge in [0, 0.05) is 23.5 Å². The maximum Gasteiger partial charge on any atom is 0.202 e.